The van der Waals surface area contributed by atoms with E-state index in [9.17, 15) is 19.4 Å². The summed E-state index contributed by atoms with van der Waals surface area (Å²) in [5.41, 5.74) is 5.36. The molecule has 0 aromatic rings. The number of aliphatic hydroxyl groups is 1. The normalized spacial score (nSPS) is 14.9. The Morgan fingerprint density at radius 2 is 1.16 bits per heavy atom. The molecule has 1 amide bonds. The summed E-state index contributed by atoms with van der Waals surface area (Å²) < 4.78 is 22.1. The average Bonchev–Trinajstić information content (AvgIpc) is 3.10. The third kappa shape index (κ3) is 34.6. The Balaban J connectivity index is 4.30. The van der Waals surface area contributed by atoms with Crippen LogP contribution in [-0.2, 0) is 18.4 Å². The molecule has 0 aromatic carbocycles. The number of phosphoric ester groups is 1. The number of nitrogens with two attached hydrogens (primary N) is 1. The smallest absolute Gasteiger partial charge is 0.391 e. The van der Waals surface area contributed by atoms with Crippen molar-refractivity contribution < 1.29 is 28.4 Å². The van der Waals surface area contributed by atoms with Gasteiger partial charge in [0.05, 0.1) is 25.4 Å². The lowest BCUT2D eigenvalue weighted by atomic mass is 10.0. The Morgan fingerprint density at radius 1 is 0.680 bits per heavy atom. The fourth-order valence-corrected chi connectivity index (χ4v) is 6.16. The van der Waals surface area contributed by atoms with Gasteiger partial charge in [-0.2, -0.15) is 0 Å². The van der Waals surface area contributed by atoms with Crippen LogP contribution in [0.4, 0.5) is 0 Å². The molecular weight excluding hydrogens is 647 g/mol. The zero-order chi connectivity index (χ0) is 36.8. The van der Waals surface area contributed by atoms with Crippen molar-refractivity contribution in [3.8, 4) is 0 Å². The van der Waals surface area contributed by atoms with Gasteiger partial charge < -0.3 is 21.1 Å². The highest BCUT2D eigenvalue weighted by molar-refractivity contribution is 7.47. The summed E-state index contributed by atoms with van der Waals surface area (Å²) in [7, 11) is -4.32. The van der Waals surface area contributed by atoms with Crippen LogP contribution in [0, 0.1) is 0 Å². The summed E-state index contributed by atoms with van der Waals surface area (Å²) in [6, 6.07) is -0.793. The maximum absolute atomic E-state index is 12.7. The Hall–Kier alpha value is -1.80. The molecule has 0 radical (unpaired) electrons. The van der Waals surface area contributed by atoms with Gasteiger partial charge in [-0.05, 0) is 57.8 Å². The molecule has 0 aliphatic rings. The first-order valence-electron chi connectivity index (χ1n) is 19.9. The average molecular weight is 723 g/mol. The van der Waals surface area contributed by atoms with E-state index in [1.165, 1.54) is 57.8 Å². The fourth-order valence-electron chi connectivity index (χ4n) is 5.40. The fraction of sp³-hybridized carbons (Fsp3) is 0.732. The third-order valence-electron chi connectivity index (χ3n) is 8.39. The first kappa shape index (κ1) is 48.2. The van der Waals surface area contributed by atoms with Crippen LogP contribution < -0.4 is 11.1 Å². The molecule has 3 atom stereocenters. The summed E-state index contributed by atoms with van der Waals surface area (Å²) in [5, 5.41) is 13.7. The van der Waals surface area contributed by atoms with E-state index in [1.807, 2.05) is 0 Å². The maximum Gasteiger partial charge on any atom is 0.472 e. The summed E-state index contributed by atoms with van der Waals surface area (Å²) in [6.45, 7) is 4.04. The van der Waals surface area contributed by atoms with Crippen molar-refractivity contribution in [3.05, 3.63) is 60.8 Å². The molecule has 0 heterocycles. The Kier molecular flexibility index (Phi) is 35.6. The number of amides is 1. The highest BCUT2D eigenvalue weighted by Gasteiger charge is 2.27. The summed E-state index contributed by atoms with van der Waals surface area (Å²) in [4.78, 5) is 22.6. The highest BCUT2D eigenvalue weighted by Crippen LogP contribution is 2.43. The maximum atomic E-state index is 12.7. The lowest BCUT2D eigenvalue weighted by Gasteiger charge is -2.25. The van der Waals surface area contributed by atoms with Crippen LogP contribution in [0.3, 0.4) is 0 Å². The number of phosphoric acid groups is 1. The van der Waals surface area contributed by atoms with Crippen LogP contribution in [0.1, 0.15) is 162 Å². The van der Waals surface area contributed by atoms with Crippen molar-refractivity contribution >= 4 is 13.7 Å². The predicted octanol–water partition coefficient (Wildman–Crippen LogP) is 10.7. The first-order valence-corrected chi connectivity index (χ1v) is 21.4. The van der Waals surface area contributed by atoms with E-state index in [4.69, 9.17) is 14.8 Å². The van der Waals surface area contributed by atoms with E-state index in [0.29, 0.717) is 12.8 Å². The Labute approximate surface area is 306 Å². The number of hydrogen-bond donors (Lipinski definition) is 4. The topological polar surface area (TPSA) is 131 Å². The molecule has 290 valence electrons. The molecule has 3 unspecified atom stereocenters. The van der Waals surface area contributed by atoms with Gasteiger partial charge in [-0.15, -0.1) is 0 Å². The molecule has 0 saturated carbocycles. The number of nitrogens with one attached hydrogen (secondary N) is 1. The quantitative estimate of drug-likeness (QED) is 0.0288. The molecule has 0 fully saturated rings. The minimum atomic E-state index is -4.32. The minimum Gasteiger partial charge on any atom is -0.391 e. The number of unbranched alkanes of at least 4 members (excludes halogenated alkanes) is 14. The van der Waals surface area contributed by atoms with Crippen LogP contribution in [0.2, 0.25) is 0 Å². The Bertz CT molecular complexity index is 965. The Morgan fingerprint density at radius 3 is 1.68 bits per heavy atom. The van der Waals surface area contributed by atoms with Crippen LogP contribution in [0.5, 0.6) is 0 Å². The van der Waals surface area contributed by atoms with Crippen molar-refractivity contribution in [2.24, 2.45) is 5.73 Å². The lowest BCUT2D eigenvalue weighted by molar-refractivity contribution is -0.123. The second-order valence-electron chi connectivity index (χ2n) is 13.1. The molecule has 8 nitrogen and oxygen atoms in total. The van der Waals surface area contributed by atoms with Gasteiger partial charge >= 0.3 is 7.82 Å². The SMILES string of the molecule is CC/C=C\C/C=C\C/C=C\C/C=C\C/C=C\CCCCCC(=O)NC(COP(=O)(O)OCCN)C(O)CCCCCCCCCCCCCC. The number of hydrogen-bond acceptors (Lipinski definition) is 6. The van der Waals surface area contributed by atoms with E-state index >= 15 is 0 Å². The molecule has 0 bridgehead atoms. The molecule has 0 rings (SSSR count). The van der Waals surface area contributed by atoms with Crippen molar-refractivity contribution in [3.63, 3.8) is 0 Å². The molecule has 9 heteroatoms. The number of rotatable bonds is 36. The number of aliphatic hydroxyl groups excluding tert-OH is 1. The van der Waals surface area contributed by atoms with E-state index in [0.717, 1.165) is 77.0 Å². The van der Waals surface area contributed by atoms with Gasteiger partial charge in [-0.3, -0.25) is 13.8 Å². The molecular formula is C41H75N2O6P. The first-order chi connectivity index (χ1) is 24.4. The van der Waals surface area contributed by atoms with Gasteiger partial charge in [-0.1, -0.05) is 158 Å². The van der Waals surface area contributed by atoms with Gasteiger partial charge in [0.1, 0.15) is 0 Å². The van der Waals surface area contributed by atoms with Gasteiger partial charge in [0.2, 0.25) is 5.91 Å². The second kappa shape index (κ2) is 37.0. The molecule has 50 heavy (non-hydrogen) atoms. The van der Waals surface area contributed by atoms with Crippen LogP contribution >= 0.6 is 7.82 Å². The van der Waals surface area contributed by atoms with E-state index < -0.39 is 20.0 Å². The van der Waals surface area contributed by atoms with Gasteiger partial charge in [0, 0.05) is 13.0 Å². The monoisotopic (exact) mass is 723 g/mol. The van der Waals surface area contributed by atoms with E-state index in [1.54, 1.807) is 0 Å². The van der Waals surface area contributed by atoms with Gasteiger partial charge in [0.15, 0.2) is 0 Å². The van der Waals surface area contributed by atoms with Crippen LogP contribution in [-0.4, -0.2) is 47.8 Å². The van der Waals surface area contributed by atoms with Crippen molar-refractivity contribution in [1.29, 1.82) is 0 Å². The summed E-state index contributed by atoms with van der Waals surface area (Å²) >= 11 is 0. The number of carbonyl (C=O) groups excluding carboxylic acids is 1. The van der Waals surface area contributed by atoms with Gasteiger partial charge in [0.25, 0.3) is 0 Å². The number of allylic oxidation sites excluding steroid dienone is 10. The van der Waals surface area contributed by atoms with Crippen molar-refractivity contribution in [2.75, 3.05) is 19.8 Å². The summed E-state index contributed by atoms with van der Waals surface area (Å²) in [6.07, 6.45) is 45.1. The van der Waals surface area contributed by atoms with Crippen molar-refractivity contribution in [2.45, 2.75) is 174 Å². The predicted molar refractivity (Wildman–Crippen MR) is 212 cm³/mol. The van der Waals surface area contributed by atoms with E-state index in [-0.39, 0.29) is 25.7 Å². The molecule has 0 saturated heterocycles. The highest BCUT2D eigenvalue weighted by atomic mass is 31.2. The van der Waals surface area contributed by atoms with E-state index in [2.05, 4.69) is 79.9 Å². The molecule has 5 N–H and O–H groups in total. The van der Waals surface area contributed by atoms with Crippen LogP contribution in [0.25, 0.3) is 0 Å². The zero-order valence-electron chi connectivity index (χ0n) is 31.9. The molecule has 0 aliphatic carbocycles. The second-order valence-corrected chi connectivity index (χ2v) is 14.6. The largest absolute Gasteiger partial charge is 0.472 e. The van der Waals surface area contributed by atoms with Crippen LogP contribution in [0.15, 0.2) is 60.8 Å². The van der Waals surface area contributed by atoms with Crippen molar-refractivity contribution in [1.82, 2.24) is 5.32 Å². The summed E-state index contributed by atoms with van der Waals surface area (Å²) in [5.74, 6) is -0.196. The third-order valence-corrected chi connectivity index (χ3v) is 9.37. The number of carbonyl (C=O) groups is 1. The zero-order valence-corrected chi connectivity index (χ0v) is 32.8. The minimum absolute atomic E-state index is 0.0801. The van der Waals surface area contributed by atoms with Gasteiger partial charge in [-0.25, -0.2) is 4.57 Å². The molecule has 0 spiro atoms. The standard InChI is InChI=1S/C41H75N2O6P/c1-3-5-7-9-11-13-15-17-18-19-20-21-22-23-25-27-29-31-33-35-41(45)43-39(38-49-50(46,47)48-37-36-42)40(44)34-32-30-28-26-24-16-14-12-10-8-6-4-2/h5,7,11,13,17-18,20-21,23,25,39-40,44H,3-4,6,8-10,12,14-16,19,22,24,26-38,42H2,1-2H3,(H,43,45)(H,46,47)/b7-5-,13-11-,18-17-,21-20-,25-23-. The molecule has 0 aliphatic heterocycles. The lowest BCUT2D eigenvalue weighted by Crippen LogP contribution is -2.46. The molecule has 0 aromatic heterocycles.